The molecule has 110 valence electrons. The highest BCUT2D eigenvalue weighted by molar-refractivity contribution is 6.31. The topological polar surface area (TPSA) is 40.5 Å². The molecule has 5 heteroatoms. The van der Waals surface area contributed by atoms with Gasteiger partial charge in [-0.3, -0.25) is 9.69 Å². The Kier molecular flexibility index (Phi) is 5.38. The Morgan fingerprint density at radius 1 is 1.40 bits per heavy atom. The van der Waals surface area contributed by atoms with Crippen molar-refractivity contribution >= 4 is 17.6 Å². The molecule has 1 fully saturated rings. The zero-order valence-electron chi connectivity index (χ0n) is 11.3. The Labute approximate surface area is 123 Å². The highest BCUT2D eigenvalue weighted by Crippen LogP contribution is 2.25. The third-order valence-corrected chi connectivity index (χ3v) is 4.20. The molecule has 0 aromatic heterocycles. The maximum absolute atomic E-state index is 13.8. The summed E-state index contributed by atoms with van der Waals surface area (Å²) in [4.78, 5) is 12.9. The van der Waals surface area contributed by atoms with Crippen LogP contribution in [0.4, 0.5) is 4.39 Å². The van der Waals surface area contributed by atoms with Crippen LogP contribution in [0.1, 0.15) is 31.2 Å². The second kappa shape index (κ2) is 7.04. The quantitative estimate of drug-likeness (QED) is 0.924. The number of carboxylic acid groups (broad SMARTS) is 1. The van der Waals surface area contributed by atoms with E-state index in [-0.39, 0.29) is 18.2 Å². The molecule has 1 aromatic rings. The van der Waals surface area contributed by atoms with Crippen molar-refractivity contribution in [1.29, 1.82) is 0 Å². The van der Waals surface area contributed by atoms with Gasteiger partial charge in [-0.15, -0.1) is 0 Å². The molecule has 0 saturated carbocycles. The summed E-state index contributed by atoms with van der Waals surface area (Å²) in [6.45, 7) is 2.15. The summed E-state index contributed by atoms with van der Waals surface area (Å²) < 4.78 is 13.8. The lowest BCUT2D eigenvalue weighted by atomic mass is 9.97. The van der Waals surface area contributed by atoms with E-state index in [4.69, 9.17) is 16.7 Å². The molecule has 0 radical (unpaired) electrons. The Morgan fingerprint density at radius 3 is 2.90 bits per heavy atom. The van der Waals surface area contributed by atoms with E-state index in [0.29, 0.717) is 17.1 Å². The van der Waals surface area contributed by atoms with Crippen molar-refractivity contribution in [2.24, 2.45) is 5.92 Å². The zero-order valence-corrected chi connectivity index (χ0v) is 12.1. The number of carboxylic acids is 1. The van der Waals surface area contributed by atoms with Gasteiger partial charge in [-0.25, -0.2) is 4.39 Å². The summed E-state index contributed by atoms with van der Waals surface area (Å²) in [6.07, 6.45) is 2.95. The third-order valence-electron chi connectivity index (χ3n) is 3.85. The molecule has 2 rings (SSSR count). The van der Waals surface area contributed by atoms with Crippen molar-refractivity contribution in [3.05, 3.63) is 34.6 Å². The molecule has 1 aromatic carbocycles. The van der Waals surface area contributed by atoms with Gasteiger partial charge in [0.1, 0.15) is 5.82 Å². The van der Waals surface area contributed by atoms with Crippen LogP contribution in [0.15, 0.2) is 18.2 Å². The summed E-state index contributed by atoms with van der Waals surface area (Å²) in [5.41, 5.74) is 0.533. The highest BCUT2D eigenvalue weighted by atomic mass is 35.5. The fourth-order valence-electron chi connectivity index (χ4n) is 2.74. The highest BCUT2D eigenvalue weighted by Gasteiger charge is 2.20. The summed E-state index contributed by atoms with van der Waals surface area (Å²) in [5, 5.41) is 9.31. The van der Waals surface area contributed by atoms with Gasteiger partial charge in [-0.05, 0) is 50.4 Å². The van der Waals surface area contributed by atoms with Crippen LogP contribution in [-0.4, -0.2) is 29.1 Å². The summed E-state index contributed by atoms with van der Waals surface area (Å²) >= 11 is 6.04. The first-order valence-electron chi connectivity index (χ1n) is 6.93. The summed E-state index contributed by atoms with van der Waals surface area (Å²) in [6, 6.07) is 4.73. The fourth-order valence-corrected chi connectivity index (χ4v) is 2.96. The van der Waals surface area contributed by atoms with Gasteiger partial charge in [-0.1, -0.05) is 17.7 Å². The zero-order chi connectivity index (χ0) is 14.5. The van der Waals surface area contributed by atoms with Crippen LogP contribution in [0.3, 0.4) is 0 Å². The van der Waals surface area contributed by atoms with E-state index in [9.17, 15) is 9.18 Å². The first-order valence-corrected chi connectivity index (χ1v) is 7.31. The van der Waals surface area contributed by atoms with Gasteiger partial charge >= 0.3 is 5.97 Å². The lowest BCUT2D eigenvalue weighted by Gasteiger charge is -2.21. The summed E-state index contributed by atoms with van der Waals surface area (Å²) in [7, 11) is 0. The number of likely N-dealkylation sites (tertiary alicyclic amines) is 1. The molecule has 1 atom stereocenters. The first-order chi connectivity index (χ1) is 9.56. The van der Waals surface area contributed by atoms with E-state index in [2.05, 4.69) is 4.90 Å². The molecule has 1 aliphatic heterocycles. The van der Waals surface area contributed by atoms with Gasteiger partial charge in [0.2, 0.25) is 0 Å². The lowest BCUT2D eigenvalue weighted by Crippen LogP contribution is -2.25. The van der Waals surface area contributed by atoms with Crippen molar-refractivity contribution in [3.63, 3.8) is 0 Å². The van der Waals surface area contributed by atoms with Gasteiger partial charge in [0.05, 0.1) is 0 Å². The minimum absolute atomic E-state index is 0.230. The van der Waals surface area contributed by atoms with Gasteiger partial charge in [0.15, 0.2) is 0 Å². The van der Waals surface area contributed by atoms with Crippen LogP contribution < -0.4 is 0 Å². The summed E-state index contributed by atoms with van der Waals surface area (Å²) in [5.74, 6) is -0.780. The van der Waals surface area contributed by atoms with Gasteiger partial charge in [0, 0.05) is 23.6 Å². The molecular formula is C15H19ClFNO2. The number of carbonyl (C=O) groups is 1. The van der Waals surface area contributed by atoms with Crippen molar-refractivity contribution in [2.45, 2.75) is 32.2 Å². The Hall–Kier alpha value is -1.13. The molecule has 0 aliphatic carbocycles. The SMILES string of the molecule is O=C(O)C[C@H]1CCCN(Cc2c(F)cccc2Cl)CC1. The predicted molar refractivity (Wildman–Crippen MR) is 76.3 cm³/mol. The number of hydrogen-bond donors (Lipinski definition) is 1. The second-order valence-corrected chi connectivity index (χ2v) is 5.78. The maximum Gasteiger partial charge on any atom is 0.303 e. The molecular weight excluding hydrogens is 281 g/mol. The van der Waals surface area contributed by atoms with Gasteiger partial charge < -0.3 is 5.11 Å². The number of aliphatic carboxylic acids is 1. The first kappa shape index (κ1) is 15.3. The molecule has 1 N–H and O–H groups in total. The van der Waals surface area contributed by atoms with E-state index >= 15 is 0 Å². The molecule has 3 nitrogen and oxygen atoms in total. The molecule has 20 heavy (non-hydrogen) atoms. The molecule has 0 spiro atoms. The number of rotatable bonds is 4. The van der Waals surface area contributed by atoms with Crippen molar-refractivity contribution in [1.82, 2.24) is 4.90 Å². The number of halogens is 2. The molecule has 1 saturated heterocycles. The van der Waals surface area contributed by atoms with Crippen LogP contribution in [0.5, 0.6) is 0 Å². The van der Waals surface area contributed by atoms with Crippen LogP contribution in [0, 0.1) is 11.7 Å². The Balaban J connectivity index is 1.96. The number of hydrogen-bond acceptors (Lipinski definition) is 2. The normalized spacial score (nSPS) is 20.6. The fraction of sp³-hybridized carbons (Fsp3) is 0.533. The minimum atomic E-state index is -0.736. The van der Waals surface area contributed by atoms with Crippen LogP contribution in [0.2, 0.25) is 5.02 Å². The molecule has 1 aliphatic rings. The molecule has 0 amide bonds. The predicted octanol–water partition coefficient (Wildman–Crippen LogP) is 3.56. The van der Waals surface area contributed by atoms with Crippen LogP contribution >= 0.6 is 11.6 Å². The van der Waals surface area contributed by atoms with Crippen molar-refractivity contribution in [3.8, 4) is 0 Å². The Morgan fingerprint density at radius 2 is 2.20 bits per heavy atom. The van der Waals surface area contributed by atoms with E-state index in [1.165, 1.54) is 6.07 Å². The maximum atomic E-state index is 13.8. The van der Waals surface area contributed by atoms with E-state index in [1.54, 1.807) is 12.1 Å². The van der Waals surface area contributed by atoms with Gasteiger partial charge in [0.25, 0.3) is 0 Å². The average molecular weight is 300 g/mol. The average Bonchev–Trinajstić information content (AvgIpc) is 2.59. The number of nitrogens with zero attached hydrogens (tertiary/aromatic N) is 1. The Bertz CT molecular complexity index is 461. The molecule has 1 heterocycles. The van der Waals surface area contributed by atoms with Crippen LogP contribution in [-0.2, 0) is 11.3 Å². The van der Waals surface area contributed by atoms with Crippen molar-refractivity contribution in [2.75, 3.05) is 13.1 Å². The van der Waals surface area contributed by atoms with E-state index < -0.39 is 5.97 Å². The lowest BCUT2D eigenvalue weighted by molar-refractivity contribution is -0.138. The van der Waals surface area contributed by atoms with Crippen molar-refractivity contribution < 1.29 is 14.3 Å². The standard InChI is InChI=1S/C15H19ClFNO2/c16-13-4-1-5-14(17)12(13)10-18-7-2-3-11(6-8-18)9-15(19)20/h1,4-5,11H,2-3,6-10H2,(H,19,20)/t11-/m0/s1. The van der Waals surface area contributed by atoms with Crippen LogP contribution in [0.25, 0.3) is 0 Å². The van der Waals surface area contributed by atoms with E-state index in [0.717, 1.165) is 32.4 Å². The minimum Gasteiger partial charge on any atom is -0.481 e. The molecule has 0 bridgehead atoms. The van der Waals surface area contributed by atoms with E-state index in [1.807, 2.05) is 0 Å². The monoisotopic (exact) mass is 299 g/mol. The second-order valence-electron chi connectivity index (χ2n) is 5.37. The van der Waals surface area contributed by atoms with Gasteiger partial charge in [-0.2, -0.15) is 0 Å². The number of benzene rings is 1. The third kappa shape index (κ3) is 4.18. The molecule has 0 unspecified atom stereocenters. The smallest absolute Gasteiger partial charge is 0.303 e. The largest absolute Gasteiger partial charge is 0.481 e.